The first-order valence-corrected chi connectivity index (χ1v) is 15.7. The molecule has 0 spiro atoms. The number of aliphatic imine (C=N–C) groups is 1. The highest BCUT2D eigenvalue weighted by Crippen LogP contribution is 2.34. The van der Waals surface area contributed by atoms with Crippen LogP contribution in [0.5, 0.6) is 0 Å². The van der Waals surface area contributed by atoms with E-state index in [0.29, 0.717) is 22.5 Å². The number of piperidine rings is 1. The number of amides is 1. The van der Waals surface area contributed by atoms with Gasteiger partial charge in [-0.3, -0.25) is 14.5 Å². The Morgan fingerprint density at radius 3 is 2.26 bits per heavy atom. The van der Waals surface area contributed by atoms with Crippen molar-refractivity contribution in [1.82, 2.24) is 4.90 Å². The minimum absolute atomic E-state index is 0.0589. The van der Waals surface area contributed by atoms with Crippen LogP contribution >= 0.6 is 0 Å². The number of carbonyl (C=O) groups is 1. The molecule has 1 aliphatic heterocycles. The first-order valence-electron chi connectivity index (χ1n) is 12.4. The third kappa shape index (κ3) is 6.21. The molecule has 9 nitrogen and oxygen atoms in total. The molecule has 206 valence electrons. The monoisotopic (exact) mass is 569 g/mol. The molecule has 0 aliphatic carbocycles. The van der Waals surface area contributed by atoms with Crippen LogP contribution in [0, 0.1) is 6.92 Å². The summed E-state index contributed by atoms with van der Waals surface area (Å²) in [5, 5.41) is 11.2. The number of anilines is 1. The quantitative estimate of drug-likeness (QED) is 0.413. The number of hydrogen-bond donors (Lipinski definition) is 2. The smallest absolute Gasteiger partial charge is 0.264 e. The van der Waals surface area contributed by atoms with E-state index < -0.39 is 25.5 Å². The number of benzene rings is 3. The molecule has 39 heavy (non-hydrogen) atoms. The van der Waals surface area contributed by atoms with Crippen LogP contribution in [0.15, 0.2) is 81.5 Å². The van der Waals surface area contributed by atoms with Gasteiger partial charge in [0, 0.05) is 36.8 Å². The second-order valence-electron chi connectivity index (χ2n) is 9.62. The highest BCUT2D eigenvalue weighted by atomic mass is 32.2. The lowest BCUT2D eigenvalue weighted by Gasteiger charge is -2.38. The lowest BCUT2D eigenvalue weighted by molar-refractivity contribution is -0.0212. The number of hydrogen-bond acceptors (Lipinski definition) is 7. The first kappa shape index (κ1) is 28.5. The summed E-state index contributed by atoms with van der Waals surface area (Å²) in [4.78, 5) is 19.1. The van der Waals surface area contributed by atoms with Crippen LogP contribution in [0.25, 0.3) is 0 Å². The fraction of sp³-hybridized carbons (Fsp3) is 0.286. The maximum absolute atomic E-state index is 13.1. The Kier molecular flexibility index (Phi) is 7.97. The van der Waals surface area contributed by atoms with Crippen molar-refractivity contribution in [3.8, 4) is 0 Å². The molecule has 0 unspecified atom stereocenters. The van der Waals surface area contributed by atoms with E-state index >= 15 is 0 Å². The van der Waals surface area contributed by atoms with E-state index in [-0.39, 0.29) is 41.6 Å². The van der Waals surface area contributed by atoms with Gasteiger partial charge in [0.05, 0.1) is 16.2 Å². The maximum Gasteiger partial charge on any atom is 0.264 e. The van der Waals surface area contributed by atoms with Crippen molar-refractivity contribution in [2.75, 3.05) is 24.1 Å². The van der Waals surface area contributed by atoms with Crippen LogP contribution in [0.4, 0.5) is 11.4 Å². The Labute approximate surface area is 229 Å². The van der Waals surface area contributed by atoms with Gasteiger partial charge in [-0.1, -0.05) is 24.3 Å². The maximum atomic E-state index is 13.1. The van der Waals surface area contributed by atoms with Gasteiger partial charge in [-0.25, -0.2) is 16.8 Å². The molecule has 1 heterocycles. The van der Waals surface area contributed by atoms with Crippen LogP contribution in [0.3, 0.4) is 0 Å². The van der Waals surface area contributed by atoms with Gasteiger partial charge in [-0.2, -0.15) is 0 Å². The average Bonchev–Trinajstić information content (AvgIpc) is 2.90. The van der Waals surface area contributed by atoms with E-state index in [2.05, 4.69) is 9.71 Å². The Morgan fingerprint density at radius 2 is 1.64 bits per heavy atom. The van der Waals surface area contributed by atoms with E-state index in [1.54, 1.807) is 55.1 Å². The van der Waals surface area contributed by atoms with E-state index in [1.807, 2.05) is 0 Å². The van der Waals surface area contributed by atoms with Crippen molar-refractivity contribution in [2.24, 2.45) is 4.99 Å². The number of para-hydroxylation sites is 1. The predicted molar refractivity (Wildman–Crippen MR) is 151 cm³/mol. The van der Waals surface area contributed by atoms with E-state index in [9.17, 15) is 26.7 Å². The molecule has 0 saturated carbocycles. The fourth-order valence-corrected chi connectivity index (χ4v) is 6.55. The Balaban J connectivity index is 1.44. The van der Waals surface area contributed by atoms with Crippen LogP contribution in [-0.4, -0.2) is 58.3 Å². The van der Waals surface area contributed by atoms with E-state index in [1.165, 1.54) is 36.5 Å². The van der Waals surface area contributed by atoms with Gasteiger partial charge in [0.15, 0.2) is 9.84 Å². The molecule has 1 aliphatic rings. The number of aliphatic hydroxyl groups is 1. The average molecular weight is 570 g/mol. The van der Waals surface area contributed by atoms with Gasteiger partial charge in [0.25, 0.3) is 15.9 Å². The number of rotatable bonds is 7. The minimum Gasteiger partial charge on any atom is -0.385 e. The molecule has 0 bridgehead atoms. The van der Waals surface area contributed by atoms with Gasteiger partial charge >= 0.3 is 0 Å². The lowest BCUT2D eigenvalue weighted by Crippen LogP contribution is -2.45. The van der Waals surface area contributed by atoms with Crippen molar-refractivity contribution in [2.45, 2.75) is 42.1 Å². The number of sulfonamides is 1. The summed E-state index contributed by atoms with van der Waals surface area (Å²) in [6, 6.07) is 17.4. The van der Waals surface area contributed by atoms with Gasteiger partial charge in [-0.15, -0.1) is 0 Å². The summed E-state index contributed by atoms with van der Waals surface area (Å²) in [5.41, 5.74) is 1.06. The molecular formula is C28H31N3O6S2. The molecule has 0 atom stereocenters. The molecule has 3 aromatic rings. The Bertz CT molecular complexity index is 1620. The third-order valence-electron chi connectivity index (χ3n) is 6.81. The zero-order chi connectivity index (χ0) is 28.4. The van der Waals surface area contributed by atoms with Crippen LogP contribution in [-0.2, 0) is 25.5 Å². The molecule has 0 radical (unpaired) electrons. The van der Waals surface area contributed by atoms with Crippen LogP contribution in [0.2, 0.25) is 0 Å². The predicted octanol–water partition coefficient (Wildman–Crippen LogP) is 4.05. The second kappa shape index (κ2) is 10.9. The SMILES string of the molecule is C/C=N\c1c(C)cccc1S(=O)(=O)Nc1ccc(C(=O)N2CCC(O)(c3cccc(S(C)(=O)=O)c3)CC2)cc1. The van der Waals surface area contributed by atoms with Gasteiger partial charge < -0.3 is 10.0 Å². The molecular weight excluding hydrogens is 538 g/mol. The van der Waals surface area contributed by atoms with E-state index in [4.69, 9.17) is 0 Å². The molecule has 3 aromatic carbocycles. The largest absolute Gasteiger partial charge is 0.385 e. The molecule has 2 N–H and O–H groups in total. The van der Waals surface area contributed by atoms with Crippen molar-refractivity contribution >= 4 is 43.4 Å². The molecule has 11 heteroatoms. The number of sulfone groups is 1. The summed E-state index contributed by atoms with van der Waals surface area (Å²) in [6.07, 6.45) is 3.16. The first-order chi connectivity index (χ1) is 18.3. The lowest BCUT2D eigenvalue weighted by atomic mass is 9.84. The van der Waals surface area contributed by atoms with Gasteiger partial charge in [0.1, 0.15) is 4.90 Å². The van der Waals surface area contributed by atoms with Gasteiger partial charge in [0.2, 0.25) is 0 Å². The van der Waals surface area contributed by atoms with E-state index in [0.717, 1.165) is 11.8 Å². The van der Waals surface area contributed by atoms with Gasteiger partial charge in [-0.05, 0) is 80.3 Å². The third-order valence-corrected chi connectivity index (χ3v) is 9.33. The number of nitrogens with one attached hydrogen (secondary N) is 1. The summed E-state index contributed by atoms with van der Waals surface area (Å²) in [7, 11) is -7.33. The van der Waals surface area contributed by atoms with Crippen molar-refractivity contribution in [3.05, 3.63) is 83.4 Å². The molecule has 0 aromatic heterocycles. The standard InChI is InChI=1S/C28H31N3O6S2/c1-4-29-26-20(2)7-5-10-25(26)39(36,37)30-23-13-11-21(12-14-23)27(32)31-17-15-28(33,16-18-31)22-8-6-9-24(19-22)38(3,34)35/h4-14,19,30,33H,15-18H2,1-3H3/b29-4-. The van der Waals surface area contributed by atoms with Crippen molar-refractivity contribution in [1.29, 1.82) is 0 Å². The fourth-order valence-electron chi connectivity index (χ4n) is 4.60. The topological polar surface area (TPSA) is 133 Å². The summed E-state index contributed by atoms with van der Waals surface area (Å²) in [6.45, 7) is 4.06. The van der Waals surface area contributed by atoms with Crippen molar-refractivity contribution < 1.29 is 26.7 Å². The number of likely N-dealkylation sites (tertiary alicyclic amines) is 1. The van der Waals surface area contributed by atoms with Crippen molar-refractivity contribution in [3.63, 3.8) is 0 Å². The zero-order valence-electron chi connectivity index (χ0n) is 22.0. The zero-order valence-corrected chi connectivity index (χ0v) is 23.6. The van der Waals surface area contributed by atoms with Crippen LogP contribution in [0.1, 0.15) is 41.3 Å². The summed E-state index contributed by atoms with van der Waals surface area (Å²) < 4.78 is 52.5. The number of aryl methyl sites for hydroxylation is 1. The molecule has 1 amide bonds. The molecule has 4 rings (SSSR count). The summed E-state index contributed by atoms with van der Waals surface area (Å²) >= 11 is 0. The normalized spacial score (nSPS) is 15.8. The summed E-state index contributed by atoms with van der Waals surface area (Å²) in [5.74, 6) is -0.241. The molecule has 1 fully saturated rings. The van der Waals surface area contributed by atoms with Crippen LogP contribution < -0.4 is 4.72 Å². The second-order valence-corrected chi connectivity index (χ2v) is 13.3. The highest BCUT2D eigenvalue weighted by molar-refractivity contribution is 7.93. The minimum atomic E-state index is -3.92. The number of carbonyl (C=O) groups excluding carboxylic acids is 1. The Hall–Kier alpha value is -3.54. The highest BCUT2D eigenvalue weighted by Gasteiger charge is 2.36. The Morgan fingerprint density at radius 1 is 1.00 bits per heavy atom. The number of nitrogens with zero attached hydrogens (tertiary/aromatic N) is 2. The molecule has 1 saturated heterocycles.